The van der Waals surface area contributed by atoms with Crippen molar-refractivity contribution < 1.29 is 9.53 Å². The van der Waals surface area contributed by atoms with Crippen LogP contribution in [0.15, 0.2) is 5.38 Å². The summed E-state index contributed by atoms with van der Waals surface area (Å²) in [6, 6.07) is 0.192. The summed E-state index contributed by atoms with van der Waals surface area (Å²) in [5.41, 5.74) is 6.43. The van der Waals surface area contributed by atoms with Crippen LogP contribution >= 0.6 is 11.3 Å². The number of nitrogens with zero attached hydrogens (tertiary/aromatic N) is 2. The summed E-state index contributed by atoms with van der Waals surface area (Å²) in [6.07, 6.45) is 0.385. The van der Waals surface area contributed by atoms with E-state index in [1.54, 1.807) is 11.3 Å². The average Bonchev–Trinajstić information content (AvgIpc) is 2.77. The Morgan fingerprint density at radius 1 is 1.55 bits per heavy atom. The molecular weight excluding hydrogens is 300 g/mol. The summed E-state index contributed by atoms with van der Waals surface area (Å²) in [4.78, 5) is 18.2. The fraction of sp³-hybridized carbons (Fsp3) is 0.733. The van der Waals surface area contributed by atoms with Crippen LogP contribution in [0.3, 0.4) is 0 Å². The van der Waals surface area contributed by atoms with Gasteiger partial charge in [-0.3, -0.25) is 4.90 Å². The Morgan fingerprint density at radius 2 is 2.23 bits per heavy atom. The third-order valence-electron chi connectivity index (χ3n) is 3.12. The molecule has 1 aromatic heterocycles. The number of rotatable bonds is 7. The van der Waals surface area contributed by atoms with Gasteiger partial charge < -0.3 is 15.8 Å². The number of alkyl carbamates (subject to hydrolysis) is 1. The van der Waals surface area contributed by atoms with E-state index < -0.39 is 5.60 Å². The second-order valence-electron chi connectivity index (χ2n) is 6.38. The Hall–Kier alpha value is -1.18. The second-order valence-corrected chi connectivity index (χ2v) is 7.44. The minimum atomic E-state index is -0.476. The number of nitrogens with two attached hydrogens (primary N) is 1. The minimum Gasteiger partial charge on any atom is -0.444 e. The molecule has 0 aliphatic carbocycles. The zero-order chi connectivity index (χ0) is 16.8. The maximum atomic E-state index is 11.6. The fourth-order valence-electron chi connectivity index (χ4n) is 2.04. The quantitative estimate of drug-likeness (QED) is 0.801. The highest BCUT2D eigenvalue weighted by Crippen LogP contribution is 2.12. The van der Waals surface area contributed by atoms with E-state index in [1.165, 1.54) is 0 Å². The lowest BCUT2D eigenvalue weighted by Crippen LogP contribution is -2.41. The Balaban J connectivity index is 2.36. The van der Waals surface area contributed by atoms with Gasteiger partial charge in [0.15, 0.2) is 0 Å². The smallest absolute Gasteiger partial charge is 0.407 e. The molecule has 0 radical (unpaired) electrons. The molecule has 1 atom stereocenters. The van der Waals surface area contributed by atoms with Crippen molar-refractivity contribution in [2.24, 2.45) is 5.73 Å². The zero-order valence-corrected chi connectivity index (χ0v) is 15.0. The van der Waals surface area contributed by atoms with Gasteiger partial charge in [-0.25, -0.2) is 9.78 Å². The van der Waals surface area contributed by atoms with Crippen LogP contribution in [0.1, 0.15) is 37.9 Å². The number of hydrogen-bond donors (Lipinski definition) is 2. The van der Waals surface area contributed by atoms with Gasteiger partial charge in [0, 0.05) is 31.1 Å². The number of nitrogens with one attached hydrogen (secondary N) is 1. The molecule has 126 valence electrons. The first-order valence-corrected chi connectivity index (χ1v) is 8.37. The van der Waals surface area contributed by atoms with Crippen molar-refractivity contribution in [3.63, 3.8) is 0 Å². The van der Waals surface area contributed by atoms with E-state index in [4.69, 9.17) is 10.5 Å². The van der Waals surface area contributed by atoms with Crippen molar-refractivity contribution in [1.29, 1.82) is 0 Å². The Bertz CT molecular complexity index is 470. The molecule has 0 saturated heterocycles. The molecule has 0 aliphatic rings. The van der Waals surface area contributed by atoms with Gasteiger partial charge in [0.2, 0.25) is 0 Å². The predicted molar refractivity (Wildman–Crippen MR) is 90.0 cm³/mol. The molecule has 1 amide bonds. The van der Waals surface area contributed by atoms with Crippen molar-refractivity contribution in [3.05, 3.63) is 16.1 Å². The molecule has 1 heterocycles. The molecule has 1 aromatic rings. The van der Waals surface area contributed by atoms with E-state index in [0.717, 1.165) is 23.7 Å². The number of ether oxygens (including phenoxy) is 1. The summed E-state index contributed by atoms with van der Waals surface area (Å²) >= 11 is 1.65. The van der Waals surface area contributed by atoms with Crippen molar-refractivity contribution in [3.8, 4) is 0 Å². The summed E-state index contributed by atoms with van der Waals surface area (Å²) in [6.45, 7) is 9.38. The zero-order valence-electron chi connectivity index (χ0n) is 14.2. The first-order valence-electron chi connectivity index (χ1n) is 7.49. The number of aryl methyl sites for hydroxylation is 1. The van der Waals surface area contributed by atoms with Gasteiger partial charge in [0.05, 0.1) is 10.7 Å². The number of carbonyl (C=O) groups is 1. The van der Waals surface area contributed by atoms with Gasteiger partial charge in [-0.1, -0.05) is 0 Å². The lowest BCUT2D eigenvalue weighted by atomic mass is 10.1. The second kappa shape index (κ2) is 8.45. The molecule has 6 nitrogen and oxygen atoms in total. The van der Waals surface area contributed by atoms with Crippen LogP contribution < -0.4 is 11.1 Å². The fourth-order valence-corrected chi connectivity index (χ4v) is 2.64. The Labute approximate surface area is 137 Å². The van der Waals surface area contributed by atoms with Crippen molar-refractivity contribution in [2.75, 3.05) is 20.1 Å². The van der Waals surface area contributed by atoms with E-state index in [-0.39, 0.29) is 12.1 Å². The topological polar surface area (TPSA) is 80.5 Å². The maximum Gasteiger partial charge on any atom is 0.407 e. The molecular formula is C15H28N4O2S. The number of aromatic nitrogens is 1. The van der Waals surface area contributed by atoms with Gasteiger partial charge in [-0.05, 0) is 41.2 Å². The van der Waals surface area contributed by atoms with E-state index in [9.17, 15) is 4.79 Å². The summed E-state index contributed by atoms with van der Waals surface area (Å²) < 4.78 is 5.21. The highest BCUT2D eigenvalue weighted by atomic mass is 32.1. The van der Waals surface area contributed by atoms with E-state index >= 15 is 0 Å². The van der Waals surface area contributed by atoms with Crippen molar-refractivity contribution in [2.45, 2.75) is 52.3 Å². The highest BCUT2D eigenvalue weighted by molar-refractivity contribution is 7.09. The third kappa shape index (κ3) is 7.20. The number of amides is 1. The number of thiazole rings is 1. The SMILES string of the molecule is Cc1nc(CN(C)C(CN)CCNC(=O)OC(C)(C)C)cs1. The molecule has 0 spiro atoms. The molecule has 0 bridgehead atoms. The van der Waals surface area contributed by atoms with Crippen LogP contribution in [-0.4, -0.2) is 47.8 Å². The molecule has 1 rings (SSSR count). The summed E-state index contributed by atoms with van der Waals surface area (Å²) in [5.74, 6) is 0. The minimum absolute atomic E-state index is 0.192. The largest absolute Gasteiger partial charge is 0.444 e. The van der Waals surface area contributed by atoms with Gasteiger partial charge in [-0.2, -0.15) is 0 Å². The van der Waals surface area contributed by atoms with Crippen molar-refractivity contribution in [1.82, 2.24) is 15.2 Å². The van der Waals surface area contributed by atoms with E-state index in [1.807, 2.05) is 34.7 Å². The average molecular weight is 328 g/mol. The molecule has 7 heteroatoms. The molecule has 0 fully saturated rings. The Morgan fingerprint density at radius 3 is 2.73 bits per heavy atom. The summed E-state index contributed by atoms with van der Waals surface area (Å²) in [7, 11) is 2.03. The van der Waals surface area contributed by atoms with Gasteiger partial charge >= 0.3 is 6.09 Å². The number of likely N-dealkylation sites (N-methyl/N-ethyl adjacent to an activating group) is 1. The van der Waals surface area contributed by atoms with Crippen molar-refractivity contribution >= 4 is 17.4 Å². The maximum absolute atomic E-state index is 11.6. The number of carbonyl (C=O) groups excluding carboxylic acids is 1. The lowest BCUT2D eigenvalue weighted by Gasteiger charge is -2.26. The van der Waals surface area contributed by atoms with E-state index in [2.05, 4.69) is 20.6 Å². The van der Waals surface area contributed by atoms with Crippen LogP contribution in [-0.2, 0) is 11.3 Å². The first-order chi connectivity index (χ1) is 10.2. The lowest BCUT2D eigenvalue weighted by molar-refractivity contribution is 0.0522. The third-order valence-corrected chi connectivity index (χ3v) is 3.94. The normalized spacial score (nSPS) is 13.2. The van der Waals surface area contributed by atoms with Gasteiger partial charge in [0.1, 0.15) is 5.60 Å². The first kappa shape index (κ1) is 18.9. The van der Waals surface area contributed by atoms with E-state index in [0.29, 0.717) is 13.1 Å². The molecule has 0 aromatic carbocycles. The standard InChI is InChI=1S/C15H28N4O2S/c1-11-18-12(10-22-11)9-19(5)13(8-16)6-7-17-14(20)21-15(2,3)4/h10,13H,6-9,16H2,1-5H3,(H,17,20). The Kier molecular flexibility index (Phi) is 7.25. The van der Waals surface area contributed by atoms with Crippen LogP contribution in [0.4, 0.5) is 4.79 Å². The molecule has 0 saturated carbocycles. The monoisotopic (exact) mass is 328 g/mol. The van der Waals surface area contributed by atoms with Gasteiger partial charge in [-0.15, -0.1) is 11.3 Å². The predicted octanol–water partition coefficient (Wildman–Crippen LogP) is 2.13. The molecule has 3 N–H and O–H groups in total. The highest BCUT2D eigenvalue weighted by Gasteiger charge is 2.18. The van der Waals surface area contributed by atoms with Crippen LogP contribution in [0.5, 0.6) is 0 Å². The molecule has 0 aliphatic heterocycles. The van der Waals surface area contributed by atoms with Gasteiger partial charge in [0.25, 0.3) is 0 Å². The van der Waals surface area contributed by atoms with Crippen LogP contribution in [0, 0.1) is 6.92 Å². The van der Waals surface area contributed by atoms with Crippen LogP contribution in [0.25, 0.3) is 0 Å². The van der Waals surface area contributed by atoms with Crippen LogP contribution in [0.2, 0.25) is 0 Å². The summed E-state index contributed by atoms with van der Waals surface area (Å²) in [5, 5.41) is 5.91. The number of hydrogen-bond acceptors (Lipinski definition) is 6. The molecule has 1 unspecified atom stereocenters. The molecule has 22 heavy (non-hydrogen) atoms.